The molecular weight excluding hydrogens is 385 g/mol. The van der Waals surface area contributed by atoms with Crippen molar-refractivity contribution in [1.29, 1.82) is 0 Å². The van der Waals surface area contributed by atoms with Crippen molar-refractivity contribution < 1.29 is 23.2 Å². The molecule has 0 aromatic heterocycles. The van der Waals surface area contributed by atoms with Gasteiger partial charge >= 0.3 is 0 Å². The van der Waals surface area contributed by atoms with Crippen molar-refractivity contribution in [3.8, 4) is 11.5 Å². The lowest BCUT2D eigenvalue weighted by Crippen LogP contribution is -2.31. The fourth-order valence-electron chi connectivity index (χ4n) is 3.47. The van der Waals surface area contributed by atoms with Crippen LogP contribution in [0.2, 0.25) is 0 Å². The number of hydrogen-bond acceptors (Lipinski definition) is 5. The van der Waals surface area contributed by atoms with Crippen LogP contribution in [0.15, 0.2) is 35.4 Å². The number of phenolic OH excluding ortho intramolecular Hbond substituents is 1. The lowest BCUT2D eigenvalue weighted by Gasteiger charge is -2.28. The third-order valence-electron chi connectivity index (χ3n) is 5.19. The van der Waals surface area contributed by atoms with E-state index in [4.69, 9.17) is 10.5 Å². The number of ether oxygens (including phenoxy) is 1. The van der Waals surface area contributed by atoms with Crippen molar-refractivity contribution in [1.82, 2.24) is 4.72 Å². The van der Waals surface area contributed by atoms with E-state index in [1.165, 1.54) is 23.3 Å². The fourth-order valence-corrected chi connectivity index (χ4v) is 4.42. The number of nitrogens with zero attached hydrogens (tertiary/aromatic N) is 1. The summed E-state index contributed by atoms with van der Waals surface area (Å²) in [6.45, 7) is 2.17. The molecule has 2 aromatic rings. The molecule has 1 aliphatic carbocycles. The second-order valence-corrected chi connectivity index (χ2v) is 8.09. The van der Waals surface area contributed by atoms with Crippen LogP contribution in [0.3, 0.4) is 0 Å². The summed E-state index contributed by atoms with van der Waals surface area (Å²) in [5, 5.41) is 10.9. The lowest BCUT2D eigenvalue weighted by atomic mass is 9.83. The van der Waals surface area contributed by atoms with Gasteiger partial charge in [-0.25, -0.2) is 8.60 Å². The Morgan fingerprint density at radius 2 is 2.21 bits per heavy atom. The molecule has 148 valence electrons. The number of aromatic hydroxyl groups is 1. The van der Waals surface area contributed by atoms with Crippen LogP contribution in [0.25, 0.3) is 10.8 Å². The molecule has 2 unspecified atom stereocenters. The van der Waals surface area contributed by atoms with Gasteiger partial charge < -0.3 is 15.6 Å². The molecule has 28 heavy (non-hydrogen) atoms. The number of nitrogens with one attached hydrogen (secondary N) is 1. The molecule has 9 heteroatoms. The Bertz CT molecular complexity index is 1040. The quantitative estimate of drug-likeness (QED) is 0.660. The van der Waals surface area contributed by atoms with Crippen LogP contribution < -0.4 is 19.5 Å². The zero-order chi connectivity index (χ0) is 20.0. The summed E-state index contributed by atoms with van der Waals surface area (Å²) in [6, 6.07) is 6.41. The summed E-state index contributed by atoms with van der Waals surface area (Å²) in [4.78, 5) is 11.4. The highest BCUT2D eigenvalue weighted by molar-refractivity contribution is 7.85. The van der Waals surface area contributed by atoms with Gasteiger partial charge in [-0.05, 0) is 36.9 Å². The normalized spacial score (nSPS) is 21.8. The molecular formula is C19H20FN3O4S. The van der Waals surface area contributed by atoms with E-state index in [1.807, 2.05) is 6.92 Å². The molecule has 2 aliphatic rings. The molecule has 2 aromatic carbocycles. The van der Waals surface area contributed by atoms with Gasteiger partial charge in [-0.1, -0.05) is 17.2 Å². The Morgan fingerprint density at radius 1 is 1.43 bits per heavy atom. The first kappa shape index (κ1) is 18.7. The molecule has 0 radical (unpaired) electrons. The summed E-state index contributed by atoms with van der Waals surface area (Å²) in [5.74, 6) is -1.16. The number of anilines is 1. The molecule has 1 fully saturated rings. The smallest absolute Gasteiger partial charge is 0.253 e. The monoisotopic (exact) mass is 405 g/mol. The summed E-state index contributed by atoms with van der Waals surface area (Å²) in [6.07, 6.45) is 1.64. The fraction of sp³-hybridized carbons (Fsp3) is 0.316. The Hall–Kier alpha value is -2.65. The average molecular weight is 405 g/mol. The number of amides is 1. The minimum absolute atomic E-state index is 0.147. The molecule has 0 spiro atoms. The Labute approximate surface area is 163 Å². The van der Waals surface area contributed by atoms with E-state index < -0.39 is 22.9 Å². The molecule has 1 aliphatic heterocycles. The Balaban J connectivity index is 1.60. The number of carbonyl (C=O) groups is 1. The van der Waals surface area contributed by atoms with E-state index in [-0.39, 0.29) is 29.4 Å². The number of fused-ring (bicyclic) bond motifs is 1. The first-order chi connectivity index (χ1) is 13.3. The topological polar surface area (TPSA) is 105 Å². The summed E-state index contributed by atoms with van der Waals surface area (Å²) < 4.78 is 36.0. The number of carbonyl (C=O) groups excluding carboxylic acids is 1. The van der Waals surface area contributed by atoms with Gasteiger partial charge in [-0.15, -0.1) is 0 Å². The van der Waals surface area contributed by atoms with Crippen molar-refractivity contribution >= 4 is 33.5 Å². The first-order valence-corrected chi connectivity index (χ1v) is 9.97. The highest BCUT2D eigenvalue weighted by Crippen LogP contribution is 2.38. The maximum Gasteiger partial charge on any atom is 0.253 e. The number of halogens is 1. The standard InChI is InChI=1S/C19H20FN3O4S/c1-10-11(6-15(10)21)4-5-27-13-3-2-12-7-16(24)19(18(20)14(12)8-13)23-9-17(25)22-28(23)26/h2-3,7-8,15,24H,4-6,9,21H2,1H3,(H,22,25). The zero-order valence-electron chi connectivity index (χ0n) is 15.2. The van der Waals surface area contributed by atoms with Gasteiger partial charge in [0.15, 0.2) is 5.82 Å². The third kappa shape index (κ3) is 3.20. The van der Waals surface area contributed by atoms with Crippen LogP contribution >= 0.6 is 0 Å². The lowest BCUT2D eigenvalue weighted by molar-refractivity contribution is -0.117. The predicted molar refractivity (Wildman–Crippen MR) is 105 cm³/mol. The van der Waals surface area contributed by atoms with Crippen LogP contribution in [0.5, 0.6) is 11.5 Å². The number of hydrogen-bond donors (Lipinski definition) is 3. The third-order valence-corrected chi connectivity index (χ3v) is 6.31. The van der Waals surface area contributed by atoms with Gasteiger partial charge in [-0.3, -0.25) is 13.8 Å². The maximum atomic E-state index is 15.1. The van der Waals surface area contributed by atoms with Gasteiger partial charge in [-0.2, -0.15) is 0 Å². The van der Waals surface area contributed by atoms with Crippen LogP contribution in [0, 0.1) is 5.82 Å². The average Bonchev–Trinajstić information content (AvgIpc) is 2.99. The number of benzene rings is 2. The van der Waals surface area contributed by atoms with Crippen LogP contribution in [0.4, 0.5) is 10.1 Å². The van der Waals surface area contributed by atoms with Gasteiger partial charge in [0.1, 0.15) is 23.7 Å². The second-order valence-electron chi connectivity index (χ2n) is 6.95. The largest absolute Gasteiger partial charge is 0.506 e. The second kappa shape index (κ2) is 7.06. The predicted octanol–water partition coefficient (Wildman–Crippen LogP) is 2.02. The minimum Gasteiger partial charge on any atom is -0.506 e. The molecule has 2 atom stereocenters. The summed E-state index contributed by atoms with van der Waals surface area (Å²) in [7, 11) is 0. The van der Waals surface area contributed by atoms with Gasteiger partial charge in [0.25, 0.3) is 5.91 Å². The summed E-state index contributed by atoms with van der Waals surface area (Å²) >= 11 is -1.93. The SMILES string of the molecule is CC1=C(CCOc2ccc3cc(O)c(N4CC(=O)NS4=O)c(F)c3c2)CC1N. The molecule has 4 N–H and O–H groups in total. The van der Waals surface area contributed by atoms with Gasteiger partial charge in [0.05, 0.1) is 6.61 Å². The van der Waals surface area contributed by atoms with Crippen molar-refractivity contribution in [2.45, 2.75) is 25.8 Å². The van der Waals surface area contributed by atoms with Crippen LogP contribution in [-0.2, 0) is 16.0 Å². The first-order valence-electron chi connectivity index (χ1n) is 8.86. The molecule has 1 heterocycles. The van der Waals surface area contributed by atoms with Crippen LogP contribution in [-0.4, -0.2) is 34.4 Å². The van der Waals surface area contributed by atoms with Crippen LogP contribution in [0.1, 0.15) is 19.8 Å². The molecule has 4 rings (SSSR count). The highest BCUT2D eigenvalue weighted by atomic mass is 32.2. The number of rotatable bonds is 5. The molecule has 7 nitrogen and oxygen atoms in total. The minimum atomic E-state index is -1.93. The van der Waals surface area contributed by atoms with Crippen molar-refractivity contribution in [3.63, 3.8) is 0 Å². The molecule has 1 saturated heterocycles. The van der Waals surface area contributed by atoms with Gasteiger partial charge in [0.2, 0.25) is 11.2 Å². The van der Waals surface area contributed by atoms with E-state index in [0.29, 0.717) is 17.7 Å². The van der Waals surface area contributed by atoms with Gasteiger partial charge in [0, 0.05) is 17.8 Å². The summed E-state index contributed by atoms with van der Waals surface area (Å²) in [5.41, 5.74) is 8.08. The zero-order valence-corrected chi connectivity index (χ0v) is 16.0. The van der Waals surface area contributed by atoms with Crippen molar-refractivity contribution in [3.05, 3.63) is 41.2 Å². The Kier molecular flexibility index (Phi) is 4.72. The van der Waals surface area contributed by atoms with Crippen molar-refractivity contribution in [2.75, 3.05) is 17.5 Å². The number of phenols is 1. The van der Waals surface area contributed by atoms with Crippen molar-refractivity contribution in [2.24, 2.45) is 5.73 Å². The molecule has 1 amide bonds. The van der Waals surface area contributed by atoms with E-state index in [2.05, 4.69) is 4.72 Å². The van der Waals surface area contributed by atoms with E-state index in [1.54, 1.807) is 12.1 Å². The van der Waals surface area contributed by atoms with E-state index in [0.717, 1.165) is 17.1 Å². The number of nitrogens with two attached hydrogens (primary N) is 1. The van der Waals surface area contributed by atoms with E-state index >= 15 is 4.39 Å². The molecule has 0 saturated carbocycles. The Morgan fingerprint density at radius 3 is 2.86 bits per heavy atom. The highest BCUT2D eigenvalue weighted by Gasteiger charge is 2.32. The maximum absolute atomic E-state index is 15.1. The molecule has 0 bridgehead atoms. The van der Waals surface area contributed by atoms with E-state index in [9.17, 15) is 14.1 Å².